The summed E-state index contributed by atoms with van der Waals surface area (Å²) in [6, 6.07) is 162. The van der Waals surface area contributed by atoms with Crippen molar-refractivity contribution in [2.45, 2.75) is 0 Å². The lowest BCUT2D eigenvalue weighted by Crippen LogP contribution is -2.58. The fraction of sp³-hybridized carbons (Fsp3) is 0. The molecule has 0 amide bonds. The first-order valence-electron chi connectivity index (χ1n) is 37.2. The summed E-state index contributed by atoms with van der Waals surface area (Å²) in [5, 5.41) is 0. The number of nitrogens with zero attached hydrogens (tertiary/aromatic N) is 4. The van der Waals surface area contributed by atoms with E-state index in [0.29, 0.717) is 0 Å². The van der Waals surface area contributed by atoms with Gasteiger partial charge >= 0.3 is 0 Å². The van der Waals surface area contributed by atoms with E-state index < -0.39 is 0 Å². The van der Waals surface area contributed by atoms with E-state index in [2.05, 4.69) is 469 Å². The normalized spacial score (nSPS) is 11.8. The molecule has 508 valence electrons. The van der Waals surface area contributed by atoms with Gasteiger partial charge in [0.25, 0.3) is 0 Å². The van der Waals surface area contributed by atoms with Crippen molar-refractivity contribution in [1.29, 1.82) is 0 Å². The maximum absolute atomic E-state index is 2.44. The van der Waals surface area contributed by atoms with Crippen LogP contribution in [-0.4, -0.2) is 13.4 Å². The molecule has 0 saturated heterocycles. The standard InChI is InChI=1S/C54H39BN2.C48H35BN2/c1-5-18-42(19-6-1)48-26-17-27-49(43-20-7-2-8-21-43)54(48)55-50-28-13-15-30-52(50)57(53-31-16-14-29-51(53)55)47-38-34-41(35-39-47)40-32-36-46(37-33-40)56(44-22-9-3-10-23-44)45-24-11-4-12-25-45;1-5-18-36(19-6-1)42-26-17-27-43(37-20-7-2-8-21-37)48(42)49-44-28-13-15-30-46(44)51(47-31-16-14-29-45(47)49)41-34-32-40(33-35-41)50(38-22-9-3-10-23-38)39-24-11-4-12-25-39/h1-39H;1-35H. The zero-order valence-electron chi connectivity index (χ0n) is 59.7. The molecule has 19 rings (SSSR count). The van der Waals surface area contributed by atoms with Crippen LogP contribution in [0.15, 0.2) is 449 Å². The number of rotatable bonds is 15. The molecule has 0 fully saturated rings. The van der Waals surface area contributed by atoms with Gasteiger partial charge in [-0.3, -0.25) is 0 Å². The van der Waals surface area contributed by atoms with Crippen LogP contribution >= 0.6 is 0 Å². The fourth-order valence-corrected chi connectivity index (χ4v) is 16.3. The lowest BCUT2D eigenvalue weighted by atomic mass is 9.33. The molecule has 0 aromatic heterocycles. The summed E-state index contributed by atoms with van der Waals surface area (Å²) in [5.74, 6) is 0. The molecule has 17 aromatic rings. The van der Waals surface area contributed by atoms with E-state index in [4.69, 9.17) is 0 Å². The van der Waals surface area contributed by atoms with Gasteiger partial charge in [-0.1, -0.05) is 339 Å². The average molecular weight is 1380 g/mol. The van der Waals surface area contributed by atoms with Gasteiger partial charge in [-0.15, -0.1) is 0 Å². The summed E-state index contributed by atoms with van der Waals surface area (Å²) in [5.41, 5.74) is 33.8. The van der Waals surface area contributed by atoms with Crippen molar-refractivity contribution in [2.75, 3.05) is 19.6 Å². The average Bonchev–Trinajstić information content (AvgIpc) is 0.729. The molecule has 0 aliphatic carbocycles. The number of hydrogen-bond acceptors (Lipinski definition) is 4. The minimum absolute atomic E-state index is 0.0180. The van der Waals surface area contributed by atoms with Gasteiger partial charge in [-0.25, -0.2) is 0 Å². The SMILES string of the molecule is c1ccc(-c2cccc(-c3ccccc3)c2B2c3ccccc3N(c3ccc(-c4ccc(N(c5ccccc5)c5ccccc5)cc4)cc3)c3ccccc32)cc1.c1ccc(-c2cccc(-c3ccccc3)c2B2c3ccccc3N(c3ccc(N(c4ccccc4)c4ccccc4)cc3)c3ccccc32)cc1. The van der Waals surface area contributed by atoms with Crippen LogP contribution in [0, 0.1) is 0 Å². The second-order valence-corrected chi connectivity index (χ2v) is 27.4. The van der Waals surface area contributed by atoms with Crippen molar-refractivity contribution in [3.05, 3.63) is 449 Å². The van der Waals surface area contributed by atoms with E-state index in [1.807, 2.05) is 0 Å². The van der Waals surface area contributed by atoms with Crippen LogP contribution < -0.4 is 52.4 Å². The summed E-state index contributed by atoms with van der Waals surface area (Å²) in [6.45, 7) is 0.0376. The zero-order valence-corrected chi connectivity index (χ0v) is 59.7. The molecule has 2 heterocycles. The second-order valence-electron chi connectivity index (χ2n) is 27.4. The third-order valence-corrected chi connectivity index (χ3v) is 21.1. The highest BCUT2D eigenvalue weighted by molar-refractivity contribution is 7.00. The van der Waals surface area contributed by atoms with Crippen molar-refractivity contribution in [2.24, 2.45) is 0 Å². The Morgan fingerprint density at radius 1 is 0.157 bits per heavy atom. The molecule has 6 heteroatoms. The number of para-hydroxylation sites is 8. The van der Waals surface area contributed by atoms with Gasteiger partial charge < -0.3 is 19.6 Å². The maximum Gasteiger partial charge on any atom is 0.248 e. The third-order valence-electron chi connectivity index (χ3n) is 21.1. The predicted molar refractivity (Wildman–Crippen MR) is 461 cm³/mol. The molecule has 0 bridgehead atoms. The monoisotopic (exact) mass is 1380 g/mol. The van der Waals surface area contributed by atoms with Crippen LogP contribution in [0.4, 0.5) is 68.2 Å². The van der Waals surface area contributed by atoms with E-state index in [-0.39, 0.29) is 13.4 Å². The smallest absolute Gasteiger partial charge is 0.248 e. The molecular formula is C102H74B2N4. The molecule has 0 saturated carbocycles. The molecule has 0 spiro atoms. The Labute approximate surface area is 634 Å². The van der Waals surface area contributed by atoms with Crippen LogP contribution in [0.3, 0.4) is 0 Å². The molecule has 0 unspecified atom stereocenters. The summed E-state index contributed by atoms with van der Waals surface area (Å²) < 4.78 is 0. The summed E-state index contributed by atoms with van der Waals surface area (Å²) >= 11 is 0. The summed E-state index contributed by atoms with van der Waals surface area (Å²) in [4.78, 5) is 9.49. The first kappa shape index (κ1) is 66.1. The van der Waals surface area contributed by atoms with Gasteiger partial charge in [0, 0.05) is 68.2 Å². The highest BCUT2D eigenvalue weighted by Crippen LogP contribution is 2.43. The minimum Gasteiger partial charge on any atom is -0.312 e. The Hall–Kier alpha value is -13.9. The summed E-state index contributed by atoms with van der Waals surface area (Å²) in [7, 11) is 0. The topological polar surface area (TPSA) is 13.0 Å². The molecule has 0 atom stereocenters. The fourth-order valence-electron chi connectivity index (χ4n) is 16.3. The number of fused-ring (bicyclic) bond motifs is 4. The Morgan fingerprint density at radius 2 is 0.361 bits per heavy atom. The van der Waals surface area contributed by atoms with E-state index in [1.165, 1.54) is 111 Å². The van der Waals surface area contributed by atoms with Crippen LogP contribution in [0.5, 0.6) is 0 Å². The third kappa shape index (κ3) is 12.8. The summed E-state index contributed by atoms with van der Waals surface area (Å²) in [6.07, 6.45) is 0. The largest absolute Gasteiger partial charge is 0.312 e. The van der Waals surface area contributed by atoms with Crippen LogP contribution in [0.25, 0.3) is 55.6 Å². The number of hydrogen-bond donors (Lipinski definition) is 0. The molecule has 2 aliphatic rings. The van der Waals surface area contributed by atoms with Crippen LogP contribution in [-0.2, 0) is 0 Å². The van der Waals surface area contributed by atoms with E-state index in [1.54, 1.807) is 0 Å². The van der Waals surface area contributed by atoms with Crippen molar-refractivity contribution in [3.8, 4) is 55.6 Å². The highest BCUT2D eigenvalue weighted by atomic mass is 15.2. The molecule has 0 radical (unpaired) electrons. The molecule has 0 N–H and O–H groups in total. The maximum atomic E-state index is 2.44. The van der Waals surface area contributed by atoms with Crippen molar-refractivity contribution in [1.82, 2.24) is 0 Å². The number of anilines is 12. The molecular weight excluding hydrogens is 1300 g/mol. The van der Waals surface area contributed by atoms with Gasteiger partial charge in [-0.05, 0) is 199 Å². The van der Waals surface area contributed by atoms with E-state index in [9.17, 15) is 0 Å². The van der Waals surface area contributed by atoms with Gasteiger partial charge in [-0.2, -0.15) is 0 Å². The molecule has 108 heavy (non-hydrogen) atoms. The molecule has 4 nitrogen and oxygen atoms in total. The van der Waals surface area contributed by atoms with Gasteiger partial charge in [0.05, 0.1) is 0 Å². The predicted octanol–water partition coefficient (Wildman–Crippen LogP) is 23.2. The van der Waals surface area contributed by atoms with E-state index >= 15 is 0 Å². The van der Waals surface area contributed by atoms with Crippen LogP contribution in [0.2, 0.25) is 0 Å². The Kier molecular flexibility index (Phi) is 18.4. The lowest BCUT2D eigenvalue weighted by molar-refractivity contribution is 1.26. The molecule has 17 aromatic carbocycles. The van der Waals surface area contributed by atoms with Gasteiger partial charge in [0.15, 0.2) is 0 Å². The van der Waals surface area contributed by atoms with Crippen LogP contribution in [0.1, 0.15) is 0 Å². The first-order valence-corrected chi connectivity index (χ1v) is 37.2. The highest BCUT2D eigenvalue weighted by Gasteiger charge is 2.40. The number of benzene rings is 17. The van der Waals surface area contributed by atoms with Gasteiger partial charge in [0.1, 0.15) is 0 Å². The Balaban J connectivity index is 0.000000153. The first-order chi connectivity index (χ1) is 53.7. The lowest BCUT2D eigenvalue weighted by Gasteiger charge is -2.38. The minimum atomic E-state index is 0.0180. The van der Waals surface area contributed by atoms with E-state index in [0.717, 1.165) is 45.5 Å². The quantitative estimate of drug-likeness (QED) is 0.0949. The molecule has 2 aliphatic heterocycles. The Bertz CT molecular complexity index is 5630. The van der Waals surface area contributed by atoms with Crippen molar-refractivity contribution >= 4 is 114 Å². The van der Waals surface area contributed by atoms with Crippen molar-refractivity contribution in [3.63, 3.8) is 0 Å². The zero-order chi connectivity index (χ0) is 72.0. The van der Waals surface area contributed by atoms with Gasteiger partial charge in [0.2, 0.25) is 13.4 Å². The Morgan fingerprint density at radius 3 is 0.630 bits per heavy atom. The second kappa shape index (κ2) is 30.0. The van der Waals surface area contributed by atoms with Crippen molar-refractivity contribution < 1.29 is 0 Å².